The first-order valence-electron chi connectivity index (χ1n) is 5.18. The van der Waals surface area contributed by atoms with E-state index in [0.717, 1.165) is 0 Å². The summed E-state index contributed by atoms with van der Waals surface area (Å²) in [5.41, 5.74) is 0.676. The van der Waals surface area contributed by atoms with Crippen LogP contribution in [0.2, 0.25) is 10.4 Å². The fourth-order valence-corrected chi connectivity index (χ4v) is 1.64. The van der Waals surface area contributed by atoms with Gasteiger partial charge < -0.3 is 14.8 Å². The number of nitrogens with one attached hydrogen (secondary N) is 1. The topological polar surface area (TPSA) is 69.2 Å². The van der Waals surface area contributed by atoms with Crippen LogP contribution in [0.25, 0.3) is 0 Å². The highest BCUT2D eigenvalue weighted by atomic mass is 35.5. The van der Waals surface area contributed by atoms with Crippen LogP contribution in [-0.2, 0) is 0 Å². The van der Waals surface area contributed by atoms with Gasteiger partial charge in [0.1, 0.15) is 11.5 Å². The van der Waals surface area contributed by atoms with E-state index in [0.29, 0.717) is 23.0 Å². The molecule has 0 aliphatic carbocycles. The van der Waals surface area contributed by atoms with E-state index < -0.39 is 0 Å². The Labute approximate surface area is 119 Å². The van der Waals surface area contributed by atoms with Gasteiger partial charge >= 0.3 is 0 Å². The molecule has 0 saturated carbocycles. The van der Waals surface area contributed by atoms with E-state index in [1.807, 2.05) is 0 Å². The molecule has 2 rings (SSSR count). The second-order valence-corrected chi connectivity index (χ2v) is 4.14. The van der Waals surface area contributed by atoms with E-state index in [-0.39, 0.29) is 10.4 Å². The minimum absolute atomic E-state index is 0.00163. The van der Waals surface area contributed by atoms with Crippen molar-refractivity contribution in [2.45, 2.75) is 0 Å². The van der Waals surface area contributed by atoms with Crippen LogP contribution in [0, 0.1) is 0 Å². The lowest BCUT2D eigenvalue weighted by molar-refractivity contribution is 0.395. The lowest BCUT2D eigenvalue weighted by Gasteiger charge is -2.10. The number of methoxy groups -OCH3 is 2. The Balaban J connectivity index is 2.34. The van der Waals surface area contributed by atoms with Crippen LogP contribution < -0.4 is 14.8 Å². The zero-order chi connectivity index (χ0) is 13.8. The fourth-order valence-electron chi connectivity index (χ4n) is 1.39. The van der Waals surface area contributed by atoms with Gasteiger partial charge in [0.25, 0.3) is 0 Å². The Morgan fingerprint density at radius 3 is 2.21 bits per heavy atom. The molecule has 8 heteroatoms. The van der Waals surface area contributed by atoms with Gasteiger partial charge in [0.15, 0.2) is 11.0 Å². The molecule has 0 saturated heterocycles. The monoisotopic (exact) mass is 300 g/mol. The van der Waals surface area contributed by atoms with Crippen LogP contribution in [0.4, 0.5) is 11.5 Å². The summed E-state index contributed by atoms with van der Waals surface area (Å²) in [5, 5.41) is 10.3. The van der Waals surface area contributed by atoms with Gasteiger partial charge in [-0.15, -0.1) is 10.2 Å². The molecule has 0 fully saturated rings. The maximum Gasteiger partial charge on any atom is 0.245 e. The number of anilines is 2. The molecule has 1 aromatic heterocycles. The lowest BCUT2D eigenvalue weighted by atomic mass is 10.2. The van der Waals surface area contributed by atoms with Gasteiger partial charge in [-0.1, -0.05) is 11.6 Å². The number of rotatable bonds is 4. The van der Waals surface area contributed by atoms with Crippen LogP contribution >= 0.6 is 23.2 Å². The summed E-state index contributed by atoms with van der Waals surface area (Å²) in [5.74, 6) is 1.56. The predicted octanol–water partition coefficient (Wildman–Crippen LogP) is 2.94. The Kier molecular flexibility index (Phi) is 4.24. The highest BCUT2D eigenvalue weighted by molar-refractivity contribution is 6.32. The first-order valence-corrected chi connectivity index (χ1v) is 5.94. The van der Waals surface area contributed by atoms with Crippen LogP contribution in [0.5, 0.6) is 11.5 Å². The van der Waals surface area contributed by atoms with Crippen molar-refractivity contribution in [3.8, 4) is 11.5 Å². The van der Waals surface area contributed by atoms with Crippen molar-refractivity contribution in [2.24, 2.45) is 0 Å². The van der Waals surface area contributed by atoms with E-state index in [4.69, 9.17) is 32.7 Å². The lowest BCUT2D eigenvalue weighted by Crippen LogP contribution is -1.99. The number of halogens is 2. The van der Waals surface area contributed by atoms with Crippen molar-refractivity contribution in [1.82, 2.24) is 15.2 Å². The van der Waals surface area contributed by atoms with Gasteiger partial charge in [0.2, 0.25) is 5.28 Å². The van der Waals surface area contributed by atoms with Crippen molar-refractivity contribution >= 4 is 34.7 Å². The summed E-state index contributed by atoms with van der Waals surface area (Å²) in [7, 11) is 3.13. The van der Waals surface area contributed by atoms with Crippen molar-refractivity contribution in [1.29, 1.82) is 0 Å². The Morgan fingerprint density at radius 2 is 1.63 bits per heavy atom. The molecule has 1 N–H and O–H groups in total. The molecule has 0 aliphatic heterocycles. The second-order valence-electron chi connectivity index (χ2n) is 3.45. The van der Waals surface area contributed by atoms with Crippen molar-refractivity contribution < 1.29 is 9.47 Å². The van der Waals surface area contributed by atoms with Crippen LogP contribution in [-0.4, -0.2) is 29.4 Å². The first kappa shape index (κ1) is 13.6. The number of hydrogen-bond donors (Lipinski definition) is 1. The number of benzene rings is 1. The molecule has 0 atom stereocenters. The third kappa shape index (κ3) is 3.36. The maximum atomic E-state index is 5.87. The zero-order valence-corrected chi connectivity index (χ0v) is 11.7. The number of ether oxygens (including phenoxy) is 2. The summed E-state index contributed by atoms with van der Waals surface area (Å²) in [6.45, 7) is 0. The molecule has 0 amide bonds. The quantitative estimate of drug-likeness (QED) is 0.936. The zero-order valence-electron chi connectivity index (χ0n) is 10.1. The third-order valence-electron chi connectivity index (χ3n) is 2.23. The molecule has 0 aliphatic rings. The largest absolute Gasteiger partial charge is 0.497 e. The summed E-state index contributed by atoms with van der Waals surface area (Å²) < 4.78 is 10.3. The van der Waals surface area contributed by atoms with Gasteiger partial charge in [-0.2, -0.15) is 4.98 Å². The van der Waals surface area contributed by atoms with Crippen LogP contribution in [0.3, 0.4) is 0 Å². The maximum absolute atomic E-state index is 5.87. The standard InChI is InChI=1S/C11H10Cl2N4O2/c1-18-7-3-6(4-8(5-7)19-2)14-10-9(12)16-17-11(13)15-10/h3-5H,1-2H3,(H,14,15,17). The van der Waals surface area contributed by atoms with Crippen molar-refractivity contribution in [3.05, 3.63) is 28.6 Å². The van der Waals surface area contributed by atoms with E-state index in [1.54, 1.807) is 32.4 Å². The predicted molar refractivity (Wildman–Crippen MR) is 72.7 cm³/mol. The fraction of sp³-hybridized carbons (Fsp3) is 0.182. The smallest absolute Gasteiger partial charge is 0.245 e. The van der Waals surface area contributed by atoms with Gasteiger partial charge in [0, 0.05) is 23.9 Å². The summed E-state index contributed by atoms with van der Waals surface area (Å²) in [4.78, 5) is 3.95. The van der Waals surface area contributed by atoms with E-state index in [2.05, 4.69) is 20.5 Å². The average Bonchev–Trinajstić information content (AvgIpc) is 2.42. The van der Waals surface area contributed by atoms with Gasteiger partial charge in [-0.05, 0) is 11.6 Å². The van der Waals surface area contributed by atoms with Crippen LogP contribution in [0.15, 0.2) is 18.2 Å². The molecule has 6 nitrogen and oxygen atoms in total. The molecule has 19 heavy (non-hydrogen) atoms. The second kappa shape index (κ2) is 5.90. The summed E-state index contributed by atoms with van der Waals surface area (Å²) in [6, 6.07) is 5.27. The molecular formula is C11H10Cl2N4O2. The number of hydrogen-bond acceptors (Lipinski definition) is 6. The van der Waals surface area contributed by atoms with Crippen molar-refractivity contribution in [2.75, 3.05) is 19.5 Å². The van der Waals surface area contributed by atoms with E-state index in [9.17, 15) is 0 Å². The number of nitrogens with zero attached hydrogens (tertiary/aromatic N) is 3. The molecule has 0 bridgehead atoms. The van der Waals surface area contributed by atoms with Crippen LogP contribution in [0.1, 0.15) is 0 Å². The van der Waals surface area contributed by atoms with Gasteiger partial charge in [-0.25, -0.2) is 0 Å². The molecule has 100 valence electrons. The highest BCUT2D eigenvalue weighted by Crippen LogP contribution is 2.29. The Bertz CT molecular complexity index is 573. The molecule has 0 unspecified atom stereocenters. The highest BCUT2D eigenvalue weighted by Gasteiger charge is 2.08. The molecular weight excluding hydrogens is 291 g/mol. The molecule has 1 heterocycles. The van der Waals surface area contributed by atoms with E-state index in [1.165, 1.54) is 0 Å². The minimum Gasteiger partial charge on any atom is -0.497 e. The summed E-state index contributed by atoms with van der Waals surface area (Å²) >= 11 is 11.5. The van der Waals surface area contributed by atoms with E-state index >= 15 is 0 Å². The Morgan fingerprint density at radius 1 is 1.00 bits per heavy atom. The third-order valence-corrected chi connectivity index (χ3v) is 2.65. The van der Waals surface area contributed by atoms with Gasteiger partial charge in [-0.3, -0.25) is 0 Å². The summed E-state index contributed by atoms with van der Waals surface area (Å²) in [6.07, 6.45) is 0. The normalized spacial score (nSPS) is 10.1. The molecule has 0 radical (unpaired) electrons. The molecule has 0 spiro atoms. The first-order chi connectivity index (χ1) is 9.12. The molecule has 1 aromatic carbocycles. The molecule has 2 aromatic rings. The number of aromatic nitrogens is 3. The van der Waals surface area contributed by atoms with Gasteiger partial charge in [0.05, 0.1) is 14.2 Å². The minimum atomic E-state index is 0.00163. The average molecular weight is 301 g/mol. The SMILES string of the molecule is COc1cc(Nc2nc(Cl)nnc2Cl)cc(OC)c1. The van der Waals surface area contributed by atoms with Crippen molar-refractivity contribution in [3.63, 3.8) is 0 Å². The Hall–Kier alpha value is -1.79.